The first-order valence-electron chi connectivity index (χ1n) is 7.60. The second kappa shape index (κ2) is 6.00. The van der Waals surface area contributed by atoms with Crippen LogP contribution in [0.25, 0.3) is 10.9 Å². The molecule has 2 aromatic carbocycles. The average molecular weight is 317 g/mol. The van der Waals surface area contributed by atoms with Gasteiger partial charge in [0, 0.05) is 17.6 Å². The van der Waals surface area contributed by atoms with Gasteiger partial charge in [0.2, 0.25) is 0 Å². The average Bonchev–Trinajstić information content (AvgIpc) is 3.24. The molecule has 6 heteroatoms. The van der Waals surface area contributed by atoms with E-state index in [9.17, 15) is 4.79 Å². The fourth-order valence-corrected chi connectivity index (χ4v) is 2.64. The molecule has 0 spiro atoms. The van der Waals surface area contributed by atoms with Crippen molar-refractivity contribution in [1.82, 2.24) is 20.0 Å². The molecule has 0 aliphatic rings. The molecule has 24 heavy (non-hydrogen) atoms. The Bertz CT molecular complexity index is 987. The standard InChI is InChI=1S/C18H15N5O/c24-18(14-7-4-8-16-15(14)11-19-21-16)20-17-9-10-23(22-17)12-13-5-2-1-3-6-13/h1-11H,12H2,(H,19,21)(H,20,22,24). The van der Waals surface area contributed by atoms with Gasteiger partial charge in [-0.15, -0.1) is 0 Å². The Labute approximate surface area is 138 Å². The number of nitrogens with one attached hydrogen (secondary N) is 2. The first kappa shape index (κ1) is 14.2. The lowest BCUT2D eigenvalue weighted by Crippen LogP contribution is -2.13. The highest BCUT2D eigenvalue weighted by molar-refractivity contribution is 6.11. The van der Waals surface area contributed by atoms with Gasteiger partial charge in [-0.05, 0) is 17.7 Å². The number of carbonyl (C=O) groups is 1. The van der Waals surface area contributed by atoms with Crippen LogP contribution in [0.3, 0.4) is 0 Å². The summed E-state index contributed by atoms with van der Waals surface area (Å²) in [5.41, 5.74) is 2.55. The zero-order valence-corrected chi connectivity index (χ0v) is 12.8. The molecule has 6 nitrogen and oxygen atoms in total. The summed E-state index contributed by atoms with van der Waals surface area (Å²) in [6, 6.07) is 17.3. The molecule has 2 N–H and O–H groups in total. The lowest BCUT2D eigenvalue weighted by atomic mass is 10.1. The second-order valence-corrected chi connectivity index (χ2v) is 5.48. The van der Waals surface area contributed by atoms with Crippen LogP contribution in [0.15, 0.2) is 67.0 Å². The Hall–Kier alpha value is -3.41. The van der Waals surface area contributed by atoms with E-state index in [2.05, 4.69) is 20.6 Å². The van der Waals surface area contributed by atoms with E-state index in [-0.39, 0.29) is 5.91 Å². The lowest BCUT2D eigenvalue weighted by molar-refractivity contribution is 0.102. The maximum atomic E-state index is 12.5. The van der Waals surface area contributed by atoms with E-state index in [4.69, 9.17) is 0 Å². The van der Waals surface area contributed by atoms with Crippen LogP contribution in [0.5, 0.6) is 0 Å². The molecule has 0 bridgehead atoms. The van der Waals surface area contributed by atoms with Crippen LogP contribution in [0.2, 0.25) is 0 Å². The summed E-state index contributed by atoms with van der Waals surface area (Å²) in [6.45, 7) is 0.661. The predicted octanol–water partition coefficient (Wildman–Crippen LogP) is 3.06. The van der Waals surface area contributed by atoms with Crippen molar-refractivity contribution in [1.29, 1.82) is 0 Å². The molecule has 0 radical (unpaired) electrons. The minimum absolute atomic E-state index is 0.202. The Morgan fingerprint density at radius 3 is 2.83 bits per heavy atom. The lowest BCUT2D eigenvalue weighted by Gasteiger charge is -2.04. The predicted molar refractivity (Wildman–Crippen MR) is 91.8 cm³/mol. The molecule has 0 fully saturated rings. The fourth-order valence-electron chi connectivity index (χ4n) is 2.64. The summed E-state index contributed by atoms with van der Waals surface area (Å²) >= 11 is 0. The Morgan fingerprint density at radius 1 is 1.08 bits per heavy atom. The summed E-state index contributed by atoms with van der Waals surface area (Å²) in [6.07, 6.45) is 3.50. The number of aromatic amines is 1. The van der Waals surface area contributed by atoms with Gasteiger partial charge >= 0.3 is 0 Å². The van der Waals surface area contributed by atoms with Crippen LogP contribution in [0.1, 0.15) is 15.9 Å². The van der Waals surface area contributed by atoms with Gasteiger partial charge in [0.25, 0.3) is 5.91 Å². The minimum atomic E-state index is -0.202. The SMILES string of the molecule is O=C(Nc1ccn(Cc2ccccc2)n1)c1cccc2[nH]ncc12. The Kier molecular flexibility index (Phi) is 3.55. The van der Waals surface area contributed by atoms with Gasteiger partial charge in [0.05, 0.1) is 23.8 Å². The van der Waals surface area contributed by atoms with Gasteiger partial charge < -0.3 is 5.32 Å². The number of H-pyrrole nitrogens is 1. The summed E-state index contributed by atoms with van der Waals surface area (Å²) in [4.78, 5) is 12.5. The van der Waals surface area contributed by atoms with Gasteiger partial charge in [-0.3, -0.25) is 14.6 Å². The van der Waals surface area contributed by atoms with E-state index in [1.165, 1.54) is 0 Å². The second-order valence-electron chi connectivity index (χ2n) is 5.48. The fraction of sp³-hybridized carbons (Fsp3) is 0.0556. The van der Waals surface area contributed by atoms with Gasteiger partial charge in [-0.2, -0.15) is 10.2 Å². The number of rotatable bonds is 4. The molecular formula is C18H15N5O. The van der Waals surface area contributed by atoms with Crippen molar-refractivity contribution < 1.29 is 4.79 Å². The van der Waals surface area contributed by atoms with Gasteiger partial charge in [-0.25, -0.2) is 0 Å². The van der Waals surface area contributed by atoms with E-state index in [1.807, 2.05) is 48.7 Å². The summed E-state index contributed by atoms with van der Waals surface area (Å²) in [7, 11) is 0. The monoisotopic (exact) mass is 317 g/mol. The number of hydrogen-bond acceptors (Lipinski definition) is 3. The summed E-state index contributed by atoms with van der Waals surface area (Å²) < 4.78 is 1.80. The van der Waals surface area contributed by atoms with E-state index < -0.39 is 0 Å². The molecule has 0 unspecified atom stereocenters. The van der Waals surface area contributed by atoms with Crippen molar-refractivity contribution in [2.24, 2.45) is 0 Å². The quantitative estimate of drug-likeness (QED) is 0.607. The van der Waals surface area contributed by atoms with Crippen LogP contribution in [-0.4, -0.2) is 25.9 Å². The van der Waals surface area contributed by atoms with Crippen LogP contribution < -0.4 is 5.32 Å². The number of carbonyl (C=O) groups excluding carboxylic acids is 1. The highest BCUT2D eigenvalue weighted by atomic mass is 16.1. The first-order valence-corrected chi connectivity index (χ1v) is 7.60. The number of aromatic nitrogens is 4. The highest BCUT2D eigenvalue weighted by Gasteiger charge is 2.12. The molecular weight excluding hydrogens is 302 g/mol. The molecule has 1 amide bonds. The molecule has 2 heterocycles. The first-order chi connectivity index (χ1) is 11.8. The van der Waals surface area contributed by atoms with E-state index in [0.29, 0.717) is 17.9 Å². The minimum Gasteiger partial charge on any atom is -0.305 e. The zero-order valence-electron chi connectivity index (χ0n) is 12.8. The van der Waals surface area contributed by atoms with Crippen LogP contribution in [-0.2, 0) is 6.54 Å². The molecule has 0 aliphatic heterocycles. The third-order valence-electron chi connectivity index (χ3n) is 3.80. The van der Waals surface area contributed by atoms with Crippen LogP contribution in [0.4, 0.5) is 5.82 Å². The zero-order chi connectivity index (χ0) is 16.4. The molecule has 4 aromatic rings. The molecule has 0 aliphatic carbocycles. The molecule has 2 aromatic heterocycles. The highest BCUT2D eigenvalue weighted by Crippen LogP contribution is 2.17. The topological polar surface area (TPSA) is 75.6 Å². The van der Waals surface area contributed by atoms with Crippen molar-refractivity contribution in [2.45, 2.75) is 6.54 Å². The summed E-state index contributed by atoms with van der Waals surface area (Å²) in [5.74, 6) is 0.323. The van der Waals surface area contributed by atoms with Gasteiger partial charge in [0.15, 0.2) is 5.82 Å². The van der Waals surface area contributed by atoms with E-state index in [0.717, 1.165) is 16.5 Å². The molecule has 0 atom stereocenters. The maximum Gasteiger partial charge on any atom is 0.257 e. The number of nitrogens with zero attached hydrogens (tertiary/aromatic N) is 3. The van der Waals surface area contributed by atoms with Crippen LogP contribution >= 0.6 is 0 Å². The Balaban J connectivity index is 1.51. The van der Waals surface area contributed by atoms with Crippen molar-refractivity contribution in [3.8, 4) is 0 Å². The summed E-state index contributed by atoms with van der Waals surface area (Å²) in [5, 5.41) is 14.9. The normalized spacial score (nSPS) is 10.8. The van der Waals surface area contributed by atoms with Crippen LogP contribution in [0, 0.1) is 0 Å². The van der Waals surface area contributed by atoms with Crippen molar-refractivity contribution >= 4 is 22.6 Å². The number of hydrogen-bond donors (Lipinski definition) is 2. The van der Waals surface area contributed by atoms with Crippen molar-refractivity contribution in [3.63, 3.8) is 0 Å². The maximum absolute atomic E-state index is 12.5. The number of amides is 1. The molecule has 0 saturated carbocycles. The number of benzene rings is 2. The smallest absolute Gasteiger partial charge is 0.257 e. The van der Waals surface area contributed by atoms with E-state index in [1.54, 1.807) is 23.0 Å². The Morgan fingerprint density at radius 2 is 1.96 bits per heavy atom. The van der Waals surface area contributed by atoms with Gasteiger partial charge in [0.1, 0.15) is 0 Å². The third-order valence-corrected chi connectivity index (χ3v) is 3.80. The molecule has 4 rings (SSSR count). The van der Waals surface area contributed by atoms with Crippen molar-refractivity contribution in [3.05, 3.63) is 78.1 Å². The molecule has 0 saturated heterocycles. The van der Waals surface area contributed by atoms with Crippen molar-refractivity contribution in [2.75, 3.05) is 5.32 Å². The third kappa shape index (κ3) is 2.77. The largest absolute Gasteiger partial charge is 0.305 e. The number of fused-ring (bicyclic) bond motifs is 1. The van der Waals surface area contributed by atoms with E-state index >= 15 is 0 Å². The number of anilines is 1. The van der Waals surface area contributed by atoms with Gasteiger partial charge in [-0.1, -0.05) is 36.4 Å². The molecule has 118 valence electrons.